The van der Waals surface area contributed by atoms with E-state index in [1.165, 1.54) is 5.56 Å². The van der Waals surface area contributed by atoms with Gasteiger partial charge in [0.15, 0.2) is 0 Å². The predicted molar refractivity (Wildman–Crippen MR) is 97.9 cm³/mol. The Morgan fingerprint density at radius 3 is 2.29 bits per heavy atom. The minimum absolute atomic E-state index is 0.215. The van der Waals surface area contributed by atoms with Gasteiger partial charge in [0.2, 0.25) is 5.91 Å². The Morgan fingerprint density at radius 2 is 1.82 bits per heavy atom. The van der Waals surface area contributed by atoms with Crippen molar-refractivity contribution in [1.82, 2.24) is 9.80 Å². The summed E-state index contributed by atoms with van der Waals surface area (Å²) in [6.07, 6.45) is -2.95. The number of nitrogens with zero attached hydrogens (tertiary/aromatic N) is 2. The summed E-state index contributed by atoms with van der Waals surface area (Å²) in [5.74, 6) is -2.17. The summed E-state index contributed by atoms with van der Waals surface area (Å²) in [5, 5.41) is 7.12. The van der Waals surface area contributed by atoms with Crippen molar-refractivity contribution in [2.45, 2.75) is 25.1 Å². The van der Waals surface area contributed by atoms with Crippen LogP contribution in [0.5, 0.6) is 0 Å². The molecule has 0 saturated carbocycles. The second kappa shape index (κ2) is 11.0. The molecule has 6 nitrogen and oxygen atoms in total. The number of hydrogen-bond acceptors (Lipinski definition) is 4. The Morgan fingerprint density at radius 1 is 1.25 bits per heavy atom. The number of ether oxygens (including phenoxy) is 1. The van der Waals surface area contributed by atoms with Crippen LogP contribution in [0.3, 0.4) is 0 Å². The first kappa shape index (κ1) is 23.9. The highest BCUT2D eigenvalue weighted by Gasteiger charge is 2.38. The maximum Gasteiger partial charge on any atom is 0.490 e. The number of alkyl halides is 3. The maximum absolute atomic E-state index is 12.2. The second-order valence-electron chi connectivity index (χ2n) is 6.89. The van der Waals surface area contributed by atoms with Crippen molar-refractivity contribution in [3.63, 3.8) is 0 Å². The van der Waals surface area contributed by atoms with E-state index < -0.39 is 12.1 Å². The van der Waals surface area contributed by atoms with Crippen molar-refractivity contribution in [3.8, 4) is 0 Å². The monoisotopic (exact) mass is 404 g/mol. The molecule has 1 fully saturated rings. The number of amides is 1. The minimum Gasteiger partial charge on any atom is -0.475 e. The zero-order valence-corrected chi connectivity index (χ0v) is 16.3. The lowest BCUT2D eigenvalue weighted by Gasteiger charge is -2.38. The van der Waals surface area contributed by atoms with E-state index in [0.717, 1.165) is 25.9 Å². The van der Waals surface area contributed by atoms with Crippen LogP contribution in [-0.4, -0.2) is 79.9 Å². The van der Waals surface area contributed by atoms with Gasteiger partial charge in [-0.05, 0) is 32.5 Å². The largest absolute Gasteiger partial charge is 0.490 e. The molecule has 0 spiro atoms. The molecule has 0 aliphatic carbocycles. The lowest BCUT2D eigenvalue weighted by atomic mass is 9.88. The zero-order valence-electron chi connectivity index (χ0n) is 16.3. The highest BCUT2D eigenvalue weighted by Crippen LogP contribution is 2.23. The van der Waals surface area contributed by atoms with Gasteiger partial charge in [0.05, 0.1) is 12.6 Å². The number of carbonyl (C=O) groups excluding carboxylic acids is 1. The molecule has 1 aliphatic heterocycles. The van der Waals surface area contributed by atoms with Crippen LogP contribution in [0.1, 0.15) is 12.0 Å². The molecule has 1 aromatic rings. The summed E-state index contributed by atoms with van der Waals surface area (Å²) in [5.41, 5.74) is 1.31. The van der Waals surface area contributed by atoms with Gasteiger partial charge in [0.1, 0.15) is 0 Å². The number of benzene rings is 1. The third-order valence-electron chi connectivity index (χ3n) is 4.35. The molecule has 0 bridgehead atoms. The molecular weight excluding hydrogens is 377 g/mol. The molecule has 158 valence electrons. The summed E-state index contributed by atoms with van der Waals surface area (Å²) in [6.45, 7) is 2.08. The van der Waals surface area contributed by atoms with E-state index in [4.69, 9.17) is 14.6 Å². The Bertz CT molecular complexity index is 623. The van der Waals surface area contributed by atoms with Crippen LogP contribution >= 0.6 is 0 Å². The van der Waals surface area contributed by atoms with E-state index in [1.54, 1.807) is 7.11 Å². The third kappa shape index (κ3) is 8.26. The molecule has 1 N–H and O–H groups in total. The van der Waals surface area contributed by atoms with Crippen LogP contribution in [0.4, 0.5) is 13.2 Å². The van der Waals surface area contributed by atoms with Crippen molar-refractivity contribution < 1.29 is 32.6 Å². The molecule has 0 radical (unpaired) electrons. The molecule has 0 unspecified atom stereocenters. The molecule has 2 rings (SSSR count). The summed E-state index contributed by atoms with van der Waals surface area (Å²) in [6, 6.07) is 10.5. The number of halogens is 3. The molecule has 1 aliphatic rings. The lowest BCUT2D eigenvalue weighted by molar-refractivity contribution is -0.192. The zero-order chi connectivity index (χ0) is 21.3. The summed E-state index contributed by atoms with van der Waals surface area (Å²) in [7, 11) is 5.64. The molecule has 28 heavy (non-hydrogen) atoms. The number of methoxy groups -OCH3 is 1. The van der Waals surface area contributed by atoms with Crippen molar-refractivity contribution in [2.24, 2.45) is 5.92 Å². The number of piperidine rings is 1. The molecule has 1 amide bonds. The van der Waals surface area contributed by atoms with E-state index in [1.807, 2.05) is 30.0 Å². The Hall–Kier alpha value is -2.13. The van der Waals surface area contributed by atoms with Gasteiger partial charge in [-0.2, -0.15) is 13.2 Å². The highest BCUT2D eigenvalue weighted by atomic mass is 19.4. The summed E-state index contributed by atoms with van der Waals surface area (Å²) in [4.78, 5) is 25.1. The average Bonchev–Trinajstić information content (AvgIpc) is 2.61. The molecule has 2 atom stereocenters. The van der Waals surface area contributed by atoms with Crippen molar-refractivity contribution >= 4 is 11.9 Å². The minimum atomic E-state index is -5.08. The number of likely N-dealkylation sites (tertiary alicyclic amines) is 1. The van der Waals surface area contributed by atoms with E-state index in [-0.39, 0.29) is 12.0 Å². The van der Waals surface area contributed by atoms with Crippen LogP contribution in [0.15, 0.2) is 30.3 Å². The molecule has 1 heterocycles. The van der Waals surface area contributed by atoms with E-state index in [0.29, 0.717) is 12.5 Å². The van der Waals surface area contributed by atoms with E-state index in [9.17, 15) is 18.0 Å². The quantitative estimate of drug-likeness (QED) is 0.816. The van der Waals surface area contributed by atoms with Gasteiger partial charge in [0, 0.05) is 26.1 Å². The second-order valence-corrected chi connectivity index (χ2v) is 6.89. The normalized spacial score (nSPS) is 19.8. The molecule has 1 saturated heterocycles. The average molecular weight is 404 g/mol. The standard InChI is InChI=1S/C17H26N2O2.C2HF3O2/c1-18(2)13-17(20)19-10-9-16(21-3)15(12-19)11-14-7-5-4-6-8-14;3-2(4,5)1(6)7/h4-8,15-16H,9-13H2,1-3H3;(H,6,7)/t15-,16-;/m0./s1. The van der Waals surface area contributed by atoms with Crippen LogP contribution in [0, 0.1) is 5.92 Å². The topological polar surface area (TPSA) is 70.1 Å². The van der Waals surface area contributed by atoms with Gasteiger partial charge in [-0.25, -0.2) is 4.79 Å². The van der Waals surface area contributed by atoms with Crippen LogP contribution in [0.25, 0.3) is 0 Å². The van der Waals surface area contributed by atoms with Gasteiger partial charge in [-0.15, -0.1) is 0 Å². The van der Waals surface area contributed by atoms with Crippen molar-refractivity contribution in [2.75, 3.05) is 40.8 Å². The fourth-order valence-corrected chi connectivity index (χ4v) is 3.03. The fourth-order valence-electron chi connectivity index (χ4n) is 3.03. The van der Waals surface area contributed by atoms with Gasteiger partial charge in [-0.1, -0.05) is 30.3 Å². The number of carbonyl (C=O) groups is 2. The third-order valence-corrected chi connectivity index (χ3v) is 4.35. The first-order valence-corrected chi connectivity index (χ1v) is 8.84. The molecular formula is C19H27F3N2O4. The first-order chi connectivity index (χ1) is 13.0. The number of carboxylic acids is 1. The predicted octanol–water partition coefficient (Wildman–Crippen LogP) is 2.29. The fraction of sp³-hybridized carbons (Fsp3) is 0.579. The maximum atomic E-state index is 12.2. The smallest absolute Gasteiger partial charge is 0.475 e. The lowest BCUT2D eigenvalue weighted by Crippen LogP contribution is -2.49. The number of aliphatic carboxylic acids is 1. The van der Waals surface area contributed by atoms with Crippen LogP contribution in [0.2, 0.25) is 0 Å². The number of rotatable bonds is 5. The summed E-state index contributed by atoms with van der Waals surface area (Å²) >= 11 is 0. The van der Waals surface area contributed by atoms with Gasteiger partial charge in [0.25, 0.3) is 0 Å². The van der Waals surface area contributed by atoms with Gasteiger partial charge < -0.3 is 19.6 Å². The van der Waals surface area contributed by atoms with Crippen LogP contribution < -0.4 is 0 Å². The number of likely N-dealkylation sites (N-methyl/N-ethyl adjacent to an activating group) is 1. The van der Waals surface area contributed by atoms with Crippen molar-refractivity contribution in [3.05, 3.63) is 35.9 Å². The number of hydrogen-bond donors (Lipinski definition) is 1. The Labute approximate surface area is 162 Å². The van der Waals surface area contributed by atoms with Gasteiger partial charge in [-0.3, -0.25) is 4.79 Å². The summed E-state index contributed by atoms with van der Waals surface area (Å²) < 4.78 is 37.4. The van der Waals surface area contributed by atoms with Crippen LogP contribution in [-0.2, 0) is 20.7 Å². The van der Waals surface area contributed by atoms with E-state index in [2.05, 4.69) is 24.3 Å². The first-order valence-electron chi connectivity index (χ1n) is 8.84. The number of carboxylic acid groups (broad SMARTS) is 1. The SMILES string of the molecule is CO[C@H]1CCN(C(=O)CN(C)C)C[C@@H]1Cc1ccccc1.O=C(O)C(F)(F)F. The van der Waals surface area contributed by atoms with Crippen molar-refractivity contribution in [1.29, 1.82) is 0 Å². The Kier molecular flexibility index (Phi) is 9.40. The molecule has 9 heteroatoms. The highest BCUT2D eigenvalue weighted by molar-refractivity contribution is 5.78. The Balaban J connectivity index is 0.000000480. The molecule has 0 aromatic heterocycles. The van der Waals surface area contributed by atoms with E-state index >= 15 is 0 Å². The molecule has 1 aromatic carbocycles. The van der Waals surface area contributed by atoms with Gasteiger partial charge >= 0.3 is 12.1 Å².